The molecule has 1 amide bonds. The molecule has 3 aromatic rings. The molecule has 8 heteroatoms. The first-order valence-corrected chi connectivity index (χ1v) is 13.6. The molecule has 3 rings (SSSR count). The van der Waals surface area contributed by atoms with Crippen molar-refractivity contribution in [1.29, 1.82) is 0 Å². The Morgan fingerprint density at radius 2 is 1.65 bits per heavy atom. The summed E-state index contributed by atoms with van der Waals surface area (Å²) in [5.41, 5.74) is 3.25. The first-order chi connectivity index (χ1) is 16.3. The highest BCUT2D eigenvalue weighted by atomic mass is 32.2. The third-order valence-electron chi connectivity index (χ3n) is 5.25. The van der Waals surface area contributed by atoms with Gasteiger partial charge in [-0.15, -0.1) is 0 Å². The lowest BCUT2D eigenvalue weighted by molar-refractivity contribution is -0.119. The predicted octanol–water partition coefficient (Wildman–Crippen LogP) is 5.08. The van der Waals surface area contributed by atoms with Crippen LogP contribution in [0.2, 0.25) is 0 Å². The second-order valence-corrected chi connectivity index (χ2v) is 11.0. The van der Waals surface area contributed by atoms with Crippen molar-refractivity contribution in [1.82, 2.24) is 5.32 Å². The average Bonchev–Trinajstić information content (AvgIpc) is 2.81. The van der Waals surface area contributed by atoms with Crippen LogP contribution in [0.25, 0.3) is 0 Å². The Labute approximate surface area is 205 Å². The molecule has 0 aliphatic rings. The van der Waals surface area contributed by atoms with Gasteiger partial charge in [0, 0.05) is 12.3 Å². The number of carbonyl (C=O) groups is 1. The molecule has 0 aromatic heterocycles. The van der Waals surface area contributed by atoms with E-state index in [0.29, 0.717) is 12.2 Å². The standard InChI is InChI=1S/C26H29FN2O3S2/c1-20-8-14-24(15-9-20)34(31,32)29(25-7-4-3-6-21(25)2)18-26(30)28-16-5-17-33-19-22-10-12-23(27)13-11-22/h3-4,6-15H,5,16-19H2,1-2H3,(H,28,30). The Hall–Kier alpha value is -2.84. The molecule has 34 heavy (non-hydrogen) atoms. The maximum Gasteiger partial charge on any atom is 0.264 e. The number of benzene rings is 3. The molecule has 5 nitrogen and oxygen atoms in total. The van der Waals surface area contributed by atoms with Gasteiger partial charge in [0.2, 0.25) is 5.91 Å². The van der Waals surface area contributed by atoms with Crippen LogP contribution in [0.15, 0.2) is 77.7 Å². The number of amides is 1. The van der Waals surface area contributed by atoms with E-state index in [2.05, 4.69) is 5.32 Å². The molecule has 0 radical (unpaired) electrons. The Morgan fingerprint density at radius 3 is 2.32 bits per heavy atom. The van der Waals surface area contributed by atoms with Gasteiger partial charge in [-0.3, -0.25) is 9.10 Å². The highest BCUT2D eigenvalue weighted by molar-refractivity contribution is 7.98. The molecule has 0 bridgehead atoms. The second-order valence-electron chi connectivity index (χ2n) is 7.99. The van der Waals surface area contributed by atoms with Crippen molar-refractivity contribution in [3.63, 3.8) is 0 Å². The normalized spacial score (nSPS) is 11.3. The molecule has 0 aliphatic carbocycles. The minimum absolute atomic E-state index is 0.145. The van der Waals surface area contributed by atoms with Crippen molar-refractivity contribution >= 4 is 33.4 Å². The van der Waals surface area contributed by atoms with Crippen molar-refractivity contribution < 1.29 is 17.6 Å². The second kappa shape index (κ2) is 12.0. The van der Waals surface area contributed by atoms with Crippen LogP contribution in [0, 0.1) is 19.7 Å². The summed E-state index contributed by atoms with van der Waals surface area (Å²) in [6, 6.07) is 20.1. The molecule has 180 valence electrons. The molecule has 1 N–H and O–H groups in total. The van der Waals surface area contributed by atoms with E-state index in [9.17, 15) is 17.6 Å². The number of carbonyl (C=O) groups excluding carboxylic acids is 1. The summed E-state index contributed by atoms with van der Waals surface area (Å²) < 4.78 is 41.0. The van der Waals surface area contributed by atoms with E-state index in [1.165, 1.54) is 16.4 Å². The number of aryl methyl sites for hydroxylation is 2. The van der Waals surface area contributed by atoms with Crippen molar-refractivity contribution in [3.8, 4) is 0 Å². The number of nitrogens with one attached hydrogen (secondary N) is 1. The van der Waals surface area contributed by atoms with Crippen molar-refractivity contribution in [3.05, 3.63) is 95.3 Å². The van der Waals surface area contributed by atoms with Gasteiger partial charge in [0.1, 0.15) is 12.4 Å². The molecule has 0 fully saturated rings. The quantitative estimate of drug-likeness (QED) is 0.373. The minimum Gasteiger partial charge on any atom is -0.354 e. The van der Waals surface area contributed by atoms with Crippen molar-refractivity contribution in [2.75, 3.05) is 23.1 Å². The summed E-state index contributed by atoms with van der Waals surface area (Å²) in [6.07, 6.45) is 0.743. The Morgan fingerprint density at radius 1 is 0.971 bits per heavy atom. The lowest BCUT2D eigenvalue weighted by Crippen LogP contribution is -2.41. The van der Waals surface area contributed by atoms with Crippen LogP contribution in [-0.4, -0.2) is 33.2 Å². The van der Waals surface area contributed by atoms with E-state index < -0.39 is 10.0 Å². The number of halogens is 1. The number of nitrogens with zero attached hydrogens (tertiary/aromatic N) is 1. The van der Waals surface area contributed by atoms with Crippen LogP contribution >= 0.6 is 11.8 Å². The largest absolute Gasteiger partial charge is 0.354 e. The van der Waals surface area contributed by atoms with E-state index in [-0.39, 0.29) is 23.2 Å². The highest BCUT2D eigenvalue weighted by Crippen LogP contribution is 2.26. The van der Waals surface area contributed by atoms with E-state index >= 15 is 0 Å². The SMILES string of the molecule is Cc1ccc(S(=O)(=O)N(CC(=O)NCCCSCc2ccc(F)cc2)c2ccccc2C)cc1. The van der Waals surface area contributed by atoms with E-state index in [1.54, 1.807) is 60.3 Å². The summed E-state index contributed by atoms with van der Waals surface area (Å²) in [4.78, 5) is 12.8. The average molecular weight is 501 g/mol. The van der Waals surface area contributed by atoms with Gasteiger partial charge in [-0.1, -0.05) is 48.0 Å². The fourth-order valence-corrected chi connectivity index (χ4v) is 5.75. The zero-order valence-electron chi connectivity index (χ0n) is 19.3. The van der Waals surface area contributed by atoms with Crippen LogP contribution in [0.4, 0.5) is 10.1 Å². The van der Waals surface area contributed by atoms with Crippen LogP contribution < -0.4 is 9.62 Å². The number of sulfonamides is 1. The molecule has 0 aliphatic heterocycles. The predicted molar refractivity (Wildman–Crippen MR) is 137 cm³/mol. The topological polar surface area (TPSA) is 66.5 Å². The van der Waals surface area contributed by atoms with Crippen LogP contribution in [0.3, 0.4) is 0 Å². The molecule has 0 saturated carbocycles. The van der Waals surface area contributed by atoms with Gasteiger partial charge < -0.3 is 5.32 Å². The van der Waals surface area contributed by atoms with Gasteiger partial charge in [0.25, 0.3) is 10.0 Å². The first kappa shape index (κ1) is 25.8. The first-order valence-electron chi connectivity index (χ1n) is 11.0. The summed E-state index contributed by atoms with van der Waals surface area (Å²) >= 11 is 1.70. The van der Waals surface area contributed by atoms with Gasteiger partial charge in [-0.2, -0.15) is 11.8 Å². The molecule has 0 heterocycles. The molecule has 0 unspecified atom stereocenters. The van der Waals surface area contributed by atoms with Crippen molar-refractivity contribution in [2.24, 2.45) is 0 Å². The van der Waals surface area contributed by atoms with Gasteiger partial charge >= 0.3 is 0 Å². The van der Waals surface area contributed by atoms with Gasteiger partial charge in [-0.05, 0) is 67.5 Å². The highest BCUT2D eigenvalue weighted by Gasteiger charge is 2.28. The lowest BCUT2D eigenvalue weighted by atomic mass is 10.2. The maximum absolute atomic E-state index is 13.4. The fourth-order valence-electron chi connectivity index (χ4n) is 3.34. The van der Waals surface area contributed by atoms with Crippen molar-refractivity contribution in [2.45, 2.75) is 30.9 Å². The molecular formula is C26H29FN2O3S2. The minimum atomic E-state index is -3.92. The zero-order valence-corrected chi connectivity index (χ0v) is 21.0. The summed E-state index contributed by atoms with van der Waals surface area (Å²) in [6.45, 7) is 3.86. The Bertz CT molecular complexity index is 1200. The lowest BCUT2D eigenvalue weighted by Gasteiger charge is -2.25. The molecule has 0 saturated heterocycles. The van der Waals surface area contributed by atoms with E-state index in [4.69, 9.17) is 0 Å². The Balaban J connectivity index is 1.59. The van der Waals surface area contributed by atoms with E-state index in [1.807, 2.05) is 26.0 Å². The molecule has 3 aromatic carbocycles. The smallest absolute Gasteiger partial charge is 0.264 e. The van der Waals surface area contributed by atoms with Crippen LogP contribution in [-0.2, 0) is 20.6 Å². The number of hydrogen-bond acceptors (Lipinski definition) is 4. The summed E-state index contributed by atoms with van der Waals surface area (Å²) in [5, 5.41) is 2.83. The number of thioether (sulfide) groups is 1. The van der Waals surface area contributed by atoms with Gasteiger partial charge in [-0.25, -0.2) is 12.8 Å². The Kier molecular flexibility index (Phi) is 9.12. The van der Waals surface area contributed by atoms with Gasteiger partial charge in [0.15, 0.2) is 0 Å². The van der Waals surface area contributed by atoms with Gasteiger partial charge in [0.05, 0.1) is 10.6 Å². The van der Waals surface area contributed by atoms with Crippen LogP contribution in [0.1, 0.15) is 23.1 Å². The third-order valence-corrected chi connectivity index (χ3v) is 8.14. The fraction of sp³-hybridized carbons (Fsp3) is 0.269. The van der Waals surface area contributed by atoms with E-state index in [0.717, 1.165) is 34.6 Å². The van der Waals surface area contributed by atoms with Crippen LogP contribution in [0.5, 0.6) is 0 Å². The third kappa shape index (κ3) is 7.08. The maximum atomic E-state index is 13.4. The number of rotatable bonds is 11. The monoisotopic (exact) mass is 500 g/mol. The molecule has 0 atom stereocenters. The summed E-state index contributed by atoms with van der Waals surface area (Å²) in [5.74, 6) is 0.980. The number of anilines is 1. The molecule has 0 spiro atoms. The zero-order chi connectivity index (χ0) is 24.6. The number of hydrogen-bond donors (Lipinski definition) is 1. The summed E-state index contributed by atoms with van der Waals surface area (Å²) in [7, 11) is -3.92. The molecular weight excluding hydrogens is 471 g/mol. The number of para-hydroxylation sites is 1.